The second-order valence-electron chi connectivity index (χ2n) is 12.5. The molecular weight excluding hydrogens is 360 g/mol. The molecular formula is C25H42N2O2. The van der Waals surface area contributed by atoms with E-state index in [4.69, 9.17) is 0 Å². The summed E-state index contributed by atoms with van der Waals surface area (Å²) in [6, 6.07) is 0.766. The highest BCUT2D eigenvalue weighted by atomic mass is 16.2. The number of piperidine rings is 1. The maximum Gasteiger partial charge on any atom is 0.222 e. The number of fused-ring (bicyclic) bond motifs is 5. The van der Waals surface area contributed by atoms with E-state index in [2.05, 4.69) is 44.8 Å². The summed E-state index contributed by atoms with van der Waals surface area (Å²) in [5.74, 6) is 2.80. The van der Waals surface area contributed by atoms with Crippen molar-refractivity contribution < 1.29 is 9.59 Å². The molecule has 0 aromatic heterocycles. The number of carbonyl (C=O) groups is 2. The molecule has 0 aromatic carbocycles. The lowest BCUT2D eigenvalue weighted by molar-refractivity contribution is -0.157. The lowest BCUT2D eigenvalue weighted by atomic mass is 9.47. The molecule has 1 heterocycles. The molecule has 7 atom stereocenters. The van der Waals surface area contributed by atoms with Gasteiger partial charge in [-0.2, -0.15) is 0 Å². The Morgan fingerprint density at radius 3 is 2.41 bits per heavy atom. The van der Waals surface area contributed by atoms with E-state index in [1.807, 2.05) is 7.05 Å². The van der Waals surface area contributed by atoms with E-state index >= 15 is 0 Å². The Balaban J connectivity index is 1.51. The fourth-order valence-corrected chi connectivity index (χ4v) is 8.11. The molecule has 4 rings (SSSR count). The van der Waals surface area contributed by atoms with Crippen molar-refractivity contribution in [3.05, 3.63) is 0 Å². The van der Waals surface area contributed by atoms with E-state index < -0.39 is 0 Å². The smallest absolute Gasteiger partial charge is 0.222 e. The molecule has 1 saturated heterocycles. The van der Waals surface area contributed by atoms with E-state index in [9.17, 15) is 9.59 Å². The summed E-state index contributed by atoms with van der Waals surface area (Å²) in [5.41, 5.74) is 0.562. The van der Waals surface area contributed by atoms with Crippen LogP contribution in [0.5, 0.6) is 0 Å². The zero-order valence-corrected chi connectivity index (χ0v) is 19.5. The van der Waals surface area contributed by atoms with Crippen molar-refractivity contribution in [3.8, 4) is 0 Å². The zero-order chi connectivity index (χ0) is 21.2. The molecule has 164 valence electrons. The highest BCUT2D eigenvalue weighted by Gasteiger charge is 2.61. The van der Waals surface area contributed by atoms with E-state index in [0.717, 1.165) is 43.4 Å². The first-order chi connectivity index (χ1) is 13.5. The van der Waals surface area contributed by atoms with Gasteiger partial charge in [-0.05, 0) is 78.9 Å². The number of hydrogen-bond acceptors (Lipinski definition) is 2. The number of nitrogens with zero attached hydrogens (tertiary/aromatic N) is 1. The molecule has 29 heavy (non-hydrogen) atoms. The van der Waals surface area contributed by atoms with Gasteiger partial charge < -0.3 is 10.2 Å². The number of hydrogen-bond donors (Lipinski definition) is 1. The Morgan fingerprint density at radius 1 is 1.03 bits per heavy atom. The normalized spacial score (nSPS) is 44.7. The number of rotatable bonds is 2. The van der Waals surface area contributed by atoms with Crippen LogP contribution in [-0.2, 0) is 9.59 Å². The van der Waals surface area contributed by atoms with Gasteiger partial charge in [0, 0.05) is 32.0 Å². The SMILES string of the molecule is CN1C(=O)CC[C@]2(C)[C@H]3CC[C@]4(C)C(NC(=O)CC(C)(C)C)CC[C@H]4[C@@H]3CC[C@@H]12. The summed E-state index contributed by atoms with van der Waals surface area (Å²) >= 11 is 0. The molecule has 3 saturated carbocycles. The first-order valence-electron chi connectivity index (χ1n) is 12.0. The largest absolute Gasteiger partial charge is 0.353 e. The van der Waals surface area contributed by atoms with Gasteiger partial charge in [0.1, 0.15) is 0 Å². The summed E-state index contributed by atoms with van der Waals surface area (Å²) in [4.78, 5) is 27.1. The Labute approximate surface area is 177 Å². The number of carbonyl (C=O) groups excluding carboxylic acids is 2. The van der Waals surface area contributed by atoms with Crippen LogP contribution < -0.4 is 5.32 Å². The third kappa shape index (κ3) is 3.43. The molecule has 0 radical (unpaired) electrons. The summed E-state index contributed by atoms with van der Waals surface area (Å²) in [6.45, 7) is 11.4. The van der Waals surface area contributed by atoms with Crippen LogP contribution in [0.1, 0.15) is 92.4 Å². The van der Waals surface area contributed by atoms with Crippen LogP contribution in [0.3, 0.4) is 0 Å². The van der Waals surface area contributed by atoms with Crippen LogP contribution in [0.4, 0.5) is 0 Å². The summed E-state index contributed by atoms with van der Waals surface area (Å²) in [6.07, 6.45) is 9.69. The Hall–Kier alpha value is -1.06. The van der Waals surface area contributed by atoms with E-state index in [1.54, 1.807) is 0 Å². The minimum atomic E-state index is 0.0398. The molecule has 4 nitrogen and oxygen atoms in total. The van der Waals surface area contributed by atoms with Gasteiger partial charge in [0.25, 0.3) is 0 Å². The van der Waals surface area contributed by atoms with Crippen molar-refractivity contribution in [1.29, 1.82) is 0 Å². The van der Waals surface area contributed by atoms with Gasteiger partial charge in [-0.25, -0.2) is 0 Å². The second-order valence-corrected chi connectivity index (χ2v) is 12.5. The number of likely N-dealkylation sites (tertiary alicyclic amines) is 1. The predicted molar refractivity (Wildman–Crippen MR) is 116 cm³/mol. The van der Waals surface area contributed by atoms with E-state index in [-0.39, 0.29) is 22.2 Å². The molecule has 0 spiro atoms. The van der Waals surface area contributed by atoms with Gasteiger partial charge in [-0.15, -0.1) is 0 Å². The van der Waals surface area contributed by atoms with Crippen LogP contribution in [0, 0.1) is 34.0 Å². The van der Waals surface area contributed by atoms with Gasteiger partial charge >= 0.3 is 0 Å². The third-order valence-electron chi connectivity index (χ3n) is 9.58. The highest BCUT2D eigenvalue weighted by molar-refractivity contribution is 5.77. The molecule has 1 N–H and O–H groups in total. The minimum absolute atomic E-state index is 0.0398. The predicted octanol–water partition coefficient (Wildman–Crippen LogP) is 4.77. The molecule has 0 aromatic rings. The Kier molecular flexibility index (Phi) is 5.10. The maximum absolute atomic E-state index is 12.7. The molecule has 4 fully saturated rings. The van der Waals surface area contributed by atoms with Crippen molar-refractivity contribution >= 4 is 11.8 Å². The average molecular weight is 403 g/mol. The van der Waals surface area contributed by atoms with Crippen LogP contribution in [-0.4, -0.2) is 35.8 Å². The standard InChI is InChI=1S/C25H42N2O2/c1-23(2,3)15-21(28)26-19-9-8-17-16-7-10-20-25(5,14-12-22(29)27(20)6)18(16)11-13-24(17,19)4/h16-20H,7-15H2,1-6H3,(H,26,28)/t16-,17-,18-,19?,20+,24-,25+/m0/s1. The minimum Gasteiger partial charge on any atom is -0.353 e. The Morgan fingerprint density at radius 2 is 1.72 bits per heavy atom. The van der Waals surface area contributed by atoms with E-state index in [0.29, 0.717) is 24.4 Å². The molecule has 4 heteroatoms. The van der Waals surface area contributed by atoms with Crippen LogP contribution in [0.15, 0.2) is 0 Å². The first-order valence-corrected chi connectivity index (χ1v) is 12.0. The number of nitrogens with one attached hydrogen (secondary N) is 1. The molecule has 4 aliphatic rings. The average Bonchev–Trinajstić information content (AvgIpc) is 2.93. The van der Waals surface area contributed by atoms with Crippen LogP contribution in [0.2, 0.25) is 0 Å². The Bertz CT molecular complexity index is 683. The van der Waals surface area contributed by atoms with Crippen molar-refractivity contribution in [2.45, 2.75) is 104 Å². The lowest BCUT2D eigenvalue weighted by Crippen LogP contribution is -2.62. The fourth-order valence-electron chi connectivity index (χ4n) is 8.11. The topological polar surface area (TPSA) is 49.4 Å². The molecule has 3 aliphatic carbocycles. The lowest BCUT2D eigenvalue weighted by Gasteiger charge is -2.61. The zero-order valence-electron chi connectivity index (χ0n) is 19.5. The van der Waals surface area contributed by atoms with Crippen molar-refractivity contribution in [3.63, 3.8) is 0 Å². The number of amides is 2. The van der Waals surface area contributed by atoms with Crippen molar-refractivity contribution in [2.24, 2.45) is 34.0 Å². The summed E-state index contributed by atoms with van der Waals surface area (Å²) < 4.78 is 0. The van der Waals surface area contributed by atoms with Gasteiger partial charge in [-0.1, -0.05) is 34.6 Å². The molecule has 0 bridgehead atoms. The van der Waals surface area contributed by atoms with Gasteiger partial charge in [0.05, 0.1) is 0 Å². The van der Waals surface area contributed by atoms with Gasteiger partial charge in [-0.3, -0.25) is 9.59 Å². The fraction of sp³-hybridized carbons (Fsp3) is 0.920. The molecule has 1 aliphatic heterocycles. The second kappa shape index (κ2) is 6.99. The third-order valence-corrected chi connectivity index (χ3v) is 9.58. The monoisotopic (exact) mass is 402 g/mol. The summed E-state index contributed by atoms with van der Waals surface area (Å²) in [5, 5.41) is 3.46. The maximum atomic E-state index is 12.7. The van der Waals surface area contributed by atoms with Crippen LogP contribution in [0.25, 0.3) is 0 Å². The summed E-state index contributed by atoms with van der Waals surface area (Å²) in [7, 11) is 2.04. The van der Waals surface area contributed by atoms with Crippen molar-refractivity contribution in [1.82, 2.24) is 10.2 Å². The molecule has 2 amide bonds. The first kappa shape index (κ1) is 21.2. The molecule has 1 unspecified atom stereocenters. The quantitative estimate of drug-likeness (QED) is 0.723. The highest BCUT2D eigenvalue weighted by Crippen LogP contribution is 2.64. The van der Waals surface area contributed by atoms with Crippen LogP contribution >= 0.6 is 0 Å². The van der Waals surface area contributed by atoms with Gasteiger partial charge in [0.15, 0.2) is 0 Å². The van der Waals surface area contributed by atoms with Gasteiger partial charge in [0.2, 0.25) is 11.8 Å². The van der Waals surface area contributed by atoms with Crippen molar-refractivity contribution in [2.75, 3.05) is 7.05 Å². The van der Waals surface area contributed by atoms with E-state index in [1.165, 1.54) is 25.7 Å².